The number of para-hydroxylation sites is 2. The summed E-state index contributed by atoms with van der Waals surface area (Å²) in [5.74, 6) is 2.44. The fourth-order valence-corrected chi connectivity index (χ4v) is 3.62. The lowest BCUT2D eigenvalue weighted by Gasteiger charge is -2.32. The molecule has 0 radical (unpaired) electrons. The maximum atomic E-state index is 5.87. The number of aromatic nitrogens is 6. The van der Waals surface area contributed by atoms with Crippen LogP contribution in [0.2, 0.25) is 0 Å². The van der Waals surface area contributed by atoms with Gasteiger partial charge in [0.2, 0.25) is 5.95 Å². The second-order valence-electron chi connectivity index (χ2n) is 6.43. The number of benzene rings is 1. The Balaban J connectivity index is 1.50. The van der Waals surface area contributed by atoms with Gasteiger partial charge in [-0.2, -0.15) is 9.97 Å². The lowest BCUT2D eigenvalue weighted by molar-refractivity contribution is 0.493. The lowest BCUT2D eigenvalue weighted by Crippen LogP contribution is -2.35. The summed E-state index contributed by atoms with van der Waals surface area (Å²) in [6, 6.07) is 8.13. The van der Waals surface area contributed by atoms with Crippen LogP contribution in [0.25, 0.3) is 22.2 Å². The molecule has 1 aliphatic heterocycles. The summed E-state index contributed by atoms with van der Waals surface area (Å²) in [7, 11) is 0. The van der Waals surface area contributed by atoms with Crippen LogP contribution in [0.1, 0.15) is 24.6 Å². The molecule has 8 nitrogen and oxygen atoms in total. The van der Waals surface area contributed by atoms with Crippen molar-refractivity contribution in [1.82, 2.24) is 29.9 Å². The van der Waals surface area contributed by atoms with E-state index in [1.807, 2.05) is 18.2 Å². The molecule has 126 valence electrons. The number of piperidine rings is 1. The normalized spacial score (nSPS) is 18.2. The Kier molecular flexibility index (Phi) is 3.09. The van der Waals surface area contributed by atoms with E-state index in [-0.39, 0.29) is 5.95 Å². The number of nitrogens with zero attached hydrogens (tertiary/aromatic N) is 5. The second kappa shape index (κ2) is 5.44. The van der Waals surface area contributed by atoms with Crippen molar-refractivity contribution in [2.45, 2.75) is 18.8 Å². The summed E-state index contributed by atoms with van der Waals surface area (Å²) in [5.41, 5.74) is 9.40. The first-order chi connectivity index (χ1) is 12.3. The van der Waals surface area contributed by atoms with Crippen molar-refractivity contribution >= 4 is 34.0 Å². The Bertz CT molecular complexity index is 1020. The number of fused-ring (bicyclic) bond motifs is 2. The number of rotatable bonds is 2. The van der Waals surface area contributed by atoms with Gasteiger partial charge in [0.05, 0.1) is 17.4 Å². The summed E-state index contributed by atoms with van der Waals surface area (Å²) in [5, 5.41) is 0. The molecule has 1 fully saturated rings. The molecular formula is C17H18N8. The first kappa shape index (κ1) is 14.2. The van der Waals surface area contributed by atoms with E-state index in [0.29, 0.717) is 11.6 Å². The van der Waals surface area contributed by atoms with Crippen molar-refractivity contribution in [3.63, 3.8) is 0 Å². The molecule has 1 aliphatic rings. The summed E-state index contributed by atoms with van der Waals surface area (Å²) in [4.78, 5) is 26.5. The Morgan fingerprint density at radius 3 is 3.00 bits per heavy atom. The smallest absolute Gasteiger partial charge is 0.224 e. The molecule has 3 aromatic heterocycles. The highest BCUT2D eigenvalue weighted by Gasteiger charge is 2.26. The van der Waals surface area contributed by atoms with Crippen molar-refractivity contribution in [1.29, 1.82) is 0 Å². The number of nitrogen functional groups attached to an aromatic ring is 1. The molecule has 4 heterocycles. The SMILES string of the molecule is Nc1nc(N2CCC[C@H](c3nc4ccccc4[nH]3)C2)c2[nH]cnc2n1. The van der Waals surface area contributed by atoms with E-state index in [1.54, 1.807) is 6.33 Å². The molecule has 4 aromatic rings. The van der Waals surface area contributed by atoms with Crippen LogP contribution >= 0.6 is 0 Å². The first-order valence-electron chi connectivity index (χ1n) is 8.44. The average molecular weight is 334 g/mol. The largest absolute Gasteiger partial charge is 0.368 e. The van der Waals surface area contributed by atoms with Gasteiger partial charge in [0.1, 0.15) is 11.3 Å². The zero-order valence-corrected chi connectivity index (χ0v) is 13.6. The van der Waals surface area contributed by atoms with Crippen molar-refractivity contribution in [2.24, 2.45) is 0 Å². The molecular weight excluding hydrogens is 316 g/mol. The zero-order valence-electron chi connectivity index (χ0n) is 13.6. The fourth-order valence-electron chi connectivity index (χ4n) is 3.62. The number of nitrogens with one attached hydrogen (secondary N) is 2. The number of H-pyrrole nitrogens is 2. The highest BCUT2D eigenvalue weighted by atomic mass is 15.2. The average Bonchev–Trinajstić information content (AvgIpc) is 3.27. The van der Waals surface area contributed by atoms with E-state index in [2.05, 4.69) is 35.9 Å². The van der Waals surface area contributed by atoms with Gasteiger partial charge in [-0.3, -0.25) is 0 Å². The minimum Gasteiger partial charge on any atom is -0.368 e. The third-order valence-corrected chi connectivity index (χ3v) is 4.80. The maximum Gasteiger partial charge on any atom is 0.224 e. The molecule has 0 amide bonds. The van der Waals surface area contributed by atoms with E-state index >= 15 is 0 Å². The Labute approximate surface area is 143 Å². The number of anilines is 2. The van der Waals surface area contributed by atoms with E-state index in [9.17, 15) is 0 Å². The van der Waals surface area contributed by atoms with Crippen LogP contribution in [0.15, 0.2) is 30.6 Å². The predicted octanol–water partition coefficient (Wildman–Crippen LogP) is 2.20. The number of nitrogens with two attached hydrogens (primary N) is 1. The third kappa shape index (κ3) is 2.37. The highest BCUT2D eigenvalue weighted by molar-refractivity contribution is 5.84. The summed E-state index contributed by atoms with van der Waals surface area (Å²) in [6.45, 7) is 1.77. The predicted molar refractivity (Wildman–Crippen MR) is 96.4 cm³/mol. The van der Waals surface area contributed by atoms with Gasteiger partial charge in [-0.15, -0.1) is 0 Å². The van der Waals surface area contributed by atoms with Gasteiger partial charge in [-0.25, -0.2) is 9.97 Å². The molecule has 0 bridgehead atoms. The van der Waals surface area contributed by atoms with Crippen LogP contribution in [0, 0.1) is 0 Å². The summed E-state index contributed by atoms with van der Waals surface area (Å²) in [6.07, 6.45) is 3.80. The second-order valence-corrected chi connectivity index (χ2v) is 6.43. The quantitative estimate of drug-likeness (QED) is 0.518. The van der Waals surface area contributed by atoms with Crippen molar-refractivity contribution in [3.05, 3.63) is 36.4 Å². The van der Waals surface area contributed by atoms with E-state index in [1.165, 1.54) is 0 Å². The lowest BCUT2D eigenvalue weighted by atomic mass is 9.97. The molecule has 1 atom stereocenters. The van der Waals surface area contributed by atoms with Gasteiger partial charge in [0.15, 0.2) is 11.5 Å². The molecule has 1 saturated heterocycles. The third-order valence-electron chi connectivity index (χ3n) is 4.80. The molecule has 0 aliphatic carbocycles. The molecule has 0 saturated carbocycles. The van der Waals surface area contributed by atoms with Gasteiger partial charge in [-0.1, -0.05) is 12.1 Å². The monoisotopic (exact) mass is 334 g/mol. The number of hydrogen-bond acceptors (Lipinski definition) is 6. The van der Waals surface area contributed by atoms with E-state index < -0.39 is 0 Å². The number of aromatic amines is 2. The van der Waals surface area contributed by atoms with Crippen LogP contribution in [0.5, 0.6) is 0 Å². The fraction of sp³-hybridized carbons (Fsp3) is 0.294. The van der Waals surface area contributed by atoms with Crippen LogP contribution in [0.4, 0.5) is 11.8 Å². The Morgan fingerprint density at radius 2 is 2.08 bits per heavy atom. The van der Waals surface area contributed by atoms with E-state index in [0.717, 1.165) is 54.1 Å². The van der Waals surface area contributed by atoms with Gasteiger partial charge in [0.25, 0.3) is 0 Å². The standard InChI is InChI=1S/C17H18N8/c18-17-23-15-13(19-9-20-15)16(24-17)25-7-3-4-10(8-25)14-21-11-5-1-2-6-12(11)22-14/h1-2,5-6,9-10H,3-4,7-8H2,(H,21,22)(H3,18,19,20,23,24)/t10-/m0/s1. The molecule has 25 heavy (non-hydrogen) atoms. The molecule has 8 heteroatoms. The maximum absolute atomic E-state index is 5.87. The molecule has 5 rings (SSSR count). The number of imidazole rings is 2. The minimum absolute atomic E-state index is 0.250. The molecule has 0 spiro atoms. The minimum atomic E-state index is 0.250. The topological polar surface area (TPSA) is 112 Å². The summed E-state index contributed by atoms with van der Waals surface area (Å²) < 4.78 is 0. The van der Waals surface area contributed by atoms with E-state index in [4.69, 9.17) is 10.7 Å². The van der Waals surface area contributed by atoms with Crippen LogP contribution in [-0.2, 0) is 0 Å². The molecule has 4 N–H and O–H groups in total. The number of hydrogen-bond donors (Lipinski definition) is 3. The van der Waals surface area contributed by atoms with Gasteiger partial charge < -0.3 is 20.6 Å². The Morgan fingerprint density at radius 1 is 1.16 bits per heavy atom. The van der Waals surface area contributed by atoms with Crippen molar-refractivity contribution in [3.8, 4) is 0 Å². The molecule has 1 aromatic carbocycles. The van der Waals surface area contributed by atoms with Gasteiger partial charge in [-0.05, 0) is 25.0 Å². The molecule has 0 unspecified atom stereocenters. The van der Waals surface area contributed by atoms with Crippen molar-refractivity contribution < 1.29 is 0 Å². The zero-order chi connectivity index (χ0) is 16.8. The first-order valence-corrected chi connectivity index (χ1v) is 8.44. The van der Waals surface area contributed by atoms with Gasteiger partial charge in [0, 0.05) is 19.0 Å². The van der Waals surface area contributed by atoms with Crippen LogP contribution in [0.3, 0.4) is 0 Å². The van der Waals surface area contributed by atoms with Gasteiger partial charge >= 0.3 is 0 Å². The van der Waals surface area contributed by atoms with Crippen molar-refractivity contribution in [2.75, 3.05) is 23.7 Å². The van der Waals surface area contributed by atoms with Crippen LogP contribution in [-0.4, -0.2) is 43.0 Å². The Hall–Kier alpha value is -3.16. The summed E-state index contributed by atoms with van der Waals surface area (Å²) >= 11 is 0. The highest BCUT2D eigenvalue weighted by Crippen LogP contribution is 2.31. The van der Waals surface area contributed by atoms with Crippen LogP contribution < -0.4 is 10.6 Å².